The molecule has 2 aromatic heterocycles. The summed E-state index contributed by atoms with van der Waals surface area (Å²) >= 11 is 0. The Morgan fingerprint density at radius 2 is 1.89 bits per heavy atom. The Hall–Kier alpha value is -2.10. The highest BCUT2D eigenvalue weighted by molar-refractivity contribution is 5.45. The fraction of sp³-hybridized carbons (Fsp3) is 0.333. The number of nitrogens with one attached hydrogen (secondary N) is 2. The van der Waals surface area contributed by atoms with Gasteiger partial charge in [-0.15, -0.1) is 0 Å². The van der Waals surface area contributed by atoms with Crippen LogP contribution in [0.25, 0.3) is 0 Å². The highest BCUT2D eigenvalue weighted by Crippen LogP contribution is 2.12. The Bertz CT molecular complexity index is 525. The van der Waals surface area contributed by atoms with Gasteiger partial charge in [0.25, 0.3) is 0 Å². The molecule has 4 heteroatoms. The largest absolute Gasteiger partial charge is 0.370 e. The van der Waals surface area contributed by atoms with Gasteiger partial charge in [0.2, 0.25) is 0 Å². The van der Waals surface area contributed by atoms with Crippen LogP contribution in [-0.2, 0) is 6.54 Å². The maximum Gasteiger partial charge on any atom is 0.128 e. The summed E-state index contributed by atoms with van der Waals surface area (Å²) in [5, 5.41) is 6.62. The maximum absolute atomic E-state index is 4.52. The number of nitrogens with zero attached hydrogens (tertiary/aromatic N) is 2. The molecule has 2 aromatic rings. The van der Waals surface area contributed by atoms with Crippen LogP contribution in [0.3, 0.4) is 0 Å². The van der Waals surface area contributed by atoms with E-state index in [9.17, 15) is 0 Å². The van der Waals surface area contributed by atoms with Crippen LogP contribution in [-0.4, -0.2) is 16.5 Å². The summed E-state index contributed by atoms with van der Waals surface area (Å²) in [5.74, 6) is 1.80. The lowest BCUT2D eigenvalue weighted by Crippen LogP contribution is -2.06. The molecule has 0 saturated heterocycles. The molecule has 0 aliphatic heterocycles. The van der Waals surface area contributed by atoms with Gasteiger partial charge in [-0.3, -0.25) is 4.98 Å². The van der Waals surface area contributed by atoms with Crippen molar-refractivity contribution in [3.63, 3.8) is 0 Å². The molecule has 2 rings (SSSR count). The van der Waals surface area contributed by atoms with Crippen LogP contribution in [0.2, 0.25) is 0 Å². The third-order valence-corrected chi connectivity index (χ3v) is 2.90. The van der Waals surface area contributed by atoms with Crippen molar-refractivity contribution in [1.82, 2.24) is 9.97 Å². The number of hydrogen-bond acceptors (Lipinski definition) is 4. The van der Waals surface area contributed by atoms with Crippen molar-refractivity contribution in [2.24, 2.45) is 0 Å². The number of hydrogen-bond donors (Lipinski definition) is 2. The van der Waals surface area contributed by atoms with E-state index in [4.69, 9.17) is 0 Å². The second-order valence-corrected chi connectivity index (χ2v) is 4.49. The van der Waals surface area contributed by atoms with E-state index in [-0.39, 0.29) is 0 Å². The second kappa shape index (κ2) is 6.73. The predicted octanol–water partition coefficient (Wildman–Crippen LogP) is 3.22. The topological polar surface area (TPSA) is 49.8 Å². The molecule has 0 saturated carbocycles. The Kier molecular flexibility index (Phi) is 4.72. The minimum absolute atomic E-state index is 0.762. The molecule has 0 amide bonds. The van der Waals surface area contributed by atoms with Gasteiger partial charge in [-0.1, -0.05) is 13.0 Å². The normalized spacial score (nSPS) is 10.2. The van der Waals surface area contributed by atoms with E-state index in [1.165, 1.54) is 11.1 Å². The molecule has 2 N–H and O–H groups in total. The van der Waals surface area contributed by atoms with Gasteiger partial charge in [0.05, 0.1) is 0 Å². The van der Waals surface area contributed by atoms with E-state index in [1.54, 1.807) is 0 Å². The van der Waals surface area contributed by atoms with Gasteiger partial charge < -0.3 is 10.6 Å². The van der Waals surface area contributed by atoms with Crippen LogP contribution in [0.1, 0.15) is 24.5 Å². The first-order chi connectivity index (χ1) is 9.29. The first kappa shape index (κ1) is 13.3. The number of rotatable bonds is 6. The fourth-order valence-corrected chi connectivity index (χ4v) is 1.77. The molecule has 2 heterocycles. The lowest BCUT2D eigenvalue weighted by Gasteiger charge is -2.10. The molecule has 0 fully saturated rings. The number of anilines is 2. The van der Waals surface area contributed by atoms with Crippen molar-refractivity contribution in [2.75, 3.05) is 17.2 Å². The summed E-state index contributed by atoms with van der Waals surface area (Å²) in [6.07, 6.45) is 4.79. The number of aromatic nitrogens is 2. The first-order valence-electron chi connectivity index (χ1n) is 6.64. The zero-order valence-electron chi connectivity index (χ0n) is 11.5. The van der Waals surface area contributed by atoms with E-state index in [1.807, 2.05) is 36.7 Å². The monoisotopic (exact) mass is 256 g/mol. The third-order valence-electron chi connectivity index (χ3n) is 2.90. The van der Waals surface area contributed by atoms with Crippen LogP contribution in [0, 0.1) is 6.92 Å². The van der Waals surface area contributed by atoms with Crippen LogP contribution in [0.4, 0.5) is 11.6 Å². The van der Waals surface area contributed by atoms with E-state index in [2.05, 4.69) is 34.4 Å². The molecule has 0 radical (unpaired) electrons. The fourth-order valence-electron chi connectivity index (χ4n) is 1.77. The number of aryl methyl sites for hydroxylation is 1. The standard InChI is InChI=1S/C15H20N4/c1-3-8-17-14-5-4-6-15(19-14)18-11-13-7-9-16-10-12(13)2/h4-7,9-10H,3,8,11H2,1-2H3,(H2,17,18,19). The minimum atomic E-state index is 0.762. The van der Waals surface area contributed by atoms with Gasteiger partial charge in [0.15, 0.2) is 0 Å². The lowest BCUT2D eigenvalue weighted by molar-refractivity contribution is 0.967. The summed E-state index contributed by atoms with van der Waals surface area (Å²) in [5.41, 5.74) is 2.43. The molecule has 0 aromatic carbocycles. The van der Waals surface area contributed by atoms with Crippen molar-refractivity contribution in [1.29, 1.82) is 0 Å². The van der Waals surface area contributed by atoms with Crippen molar-refractivity contribution in [3.8, 4) is 0 Å². The SMILES string of the molecule is CCCNc1cccc(NCc2ccncc2C)n1. The van der Waals surface area contributed by atoms with Crippen LogP contribution in [0.5, 0.6) is 0 Å². The van der Waals surface area contributed by atoms with Crippen molar-refractivity contribution < 1.29 is 0 Å². The molecular weight excluding hydrogens is 236 g/mol. The quantitative estimate of drug-likeness (QED) is 0.833. The smallest absolute Gasteiger partial charge is 0.128 e. The maximum atomic E-state index is 4.52. The average Bonchev–Trinajstić information content (AvgIpc) is 2.45. The Labute approximate surface area is 114 Å². The summed E-state index contributed by atoms with van der Waals surface area (Å²) in [6, 6.07) is 8.00. The van der Waals surface area contributed by atoms with E-state index in [0.717, 1.165) is 31.1 Å². The Morgan fingerprint density at radius 1 is 1.11 bits per heavy atom. The van der Waals surface area contributed by atoms with E-state index < -0.39 is 0 Å². The summed E-state index contributed by atoms with van der Waals surface area (Å²) in [7, 11) is 0. The molecule has 4 nitrogen and oxygen atoms in total. The molecule has 0 spiro atoms. The van der Waals surface area contributed by atoms with Crippen molar-refractivity contribution >= 4 is 11.6 Å². The first-order valence-corrected chi connectivity index (χ1v) is 6.64. The zero-order valence-corrected chi connectivity index (χ0v) is 11.5. The molecular formula is C15H20N4. The molecule has 19 heavy (non-hydrogen) atoms. The zero-order chi connectivity index (χ0) is 13.5. The van der Waals surface area contributed by atoms with Crippen LogP contribution in [0.15, 0.2) is 36.7 Å². The second-order valence-electron chi connectivity index (χ2n) is 4.49. The van der Waals surface area contributed by atoms with Gasteiger partial charge in [-0.2, -0.15) is 0 Å². The predicted molar refractivity (Wildman–Crippen MR) is 79.3 cm³/mol. The summed E-state index contributed by atoms with van der Waals surface area (Å²) in [6.45, 7) is 5.91. The summed E-state index contributed by atoms with van der Waals surface area (Å²) in [4.78, 5) is 8.61. The molecule has 0 bridgehead atoms. The molecule has 0 aliphatic rings. The van der Waals surface area contributed by atoms with E-state index >= 15 is 0 Å². The van der Waals surface area contributed by atoms with E-state index in [0.29, 0.717) is 0 Å². The molecule has 0 unspecified atom stereocenters. The Balaban J connectivity index is 1.98. The molecule has 0 aliphatic carbocycles. The summed E-state index contributed by atoms with van der Waals surface area (Å²) < 4.78 is 0. The Morgan fingerprint density at radius 3 is 2.63 bits per heavy atom. The third kappa shape index (κ3) is 3.95. The molecule has 0 atom stereocenters. The van der Waals surface area contributed by atoms with Crippen molar-refractivity contribution in [3.05, 3.63) is 47.8 Å². The lowest BCUT2D eigenvalue weighted by atomic mass is 10.1. The van der Waals surface area contributed by atoms with Gasteiger partial charge in [-0.05, 0) is 42.7 Å². The van der Waals surface area contributed by atoms with Gasteiger partial charge >= 0.3 is 0 Å². The average molecular weight is 256 g/mol. The van der Waals surface area contributed by atoms with Gasteiger partial charge in [0.1, 0.15) is 11.6 Å². The number of pyridine rings is 2. The van der Waals surface area contributed by atoms with Crippen LogP contribution < -0.4 is 10.6 Å². The molecule has 100 valence electrons. The minimum Gasteiger partial charge on any atom is -0.370 e. The van der Waals surface area contributed by atoms with Gasteiger partial charge in [0, 0.05) is 25.5 Å². The highest BCUT2D eigenvalue weighted by atomic mass is 15.1. The van der Waals surface area contributed by atoms with Gasteiger partial charge in [-0.25, -0.2) is 4.98 Å². The van der Waals surface area contributed by atoms with Crippen LogP contribution >= 0.6 is 0 Å². The van der Waals surface area contributed by atoms with Crippen molar-refractivity contribution in [2.45, 2.75) is 26.8 Å². The highest BCUT2D eigenvalue weighted by Gasteiger charge is 1.99.